The zero-order valence-electron chi connectivity index (χ0n) is 8.25. The van der Waals surface area contributed by atoms with Crippen LogP contribution >= 0.6 is 0 Å². The van der Waals surface area contributed by atoms with Gasteiger partial charge in [-0.15, -0.1) is 0 Å². The zero-order valence-corrected chi connectivity index (χ0v) is 8.25. The molecular weight excluding hydrogens is 213 g/mol. The Bertz CT molecular complexity index is 514. The number of carbonyl (C=O) groups excluding carboxylic acids is 2. The number of anilines is 1. The Morgan fingerprint density at radius 1 is 1.38 bits per heavy atom. The smallest absolute Gasteiger partial charge is 0.307 e. The first-order valence-corrected chi connectivity index (χ1v) is 4.96. The molecule has 0 bridgehead atoms. The highest BCUT2D eigenvalue weighted by Crippen LogP contribution is 2.46. The highest BCUT2D eigenvalue weighted by Gasteiger charge is 2.54. The van der Waals surface area contributed by atoms with Gasteiger partial charge in [-0.1, -0.05) is 12.1 Å². The van der Waals surface area contributed by atoms with Gasteiger partial charge in [0.05, 0.1) is 12.1 Å². The normalized spacial score (nSPS) is 26.8. The van der Waals surface area contributed by atoms with Crippen LogP contribution in [-0.4, -0.2) is 11.9 Å². The number of para-hydroxylation sites is 1. The van der Waals surface area contributed by atoms with Gasteiger partial charge in [-0.3, -0.25) is 9.59 Å². The van der Waals surface area contributed by atoms with Crippen molar-refractivity contribution >= 4 is 17.6 Å². The highest BCUT2D eigenvalue weighted by molar-refractivity contribution is 6.07. The van der Waals surface area contributed by atoms with Gasteiger partial charge in [0.2, 0.25) is 5.60 Å². The molecule has 1 N–H and O–H groups in total. The molecule has 2 aliphatic heterocycles. The summed E-state index contributed by atoms with van der Waals surface area (Å²) in [5.41, 5.74) is -0.750. The van der Waals surface area contributed by atoms with Gasteiger partial charge in [-0.05, 0) is 6.07 Å². The van der Waals surface area contributed by atoms with Gasteiger partial charge in [-0.2, -0.15) is 0 Å². The molecule has 1 aromatic carbocycles. The molecule has 5 heteroatoms. The van der Waals surface area contributed by atoms with Gasteiger partial charge in [-0.25, -0.2) is 4.39 Å². The summed E-state index contributed by atoms with van der Waals surface area (Å²) in [6, 6.07) is 4.37. The Morgan fingerprint density at radius 3 is 2.88 bits per heavy atom. The van der Waals surface area contributed by atoms with Crippen molar-refractivity contribution in [3.63, 3.8) is 0 Å². The third-order valence-corrected chi connectivity index (χ3v) is 3.02. The Hall–Kier alpha value is -1.91. The lowest BCUT2D eigenvalue weighted by Crippen LogP contribution is -2.33. The molecule has 2 heterocycles. The second-order valence-electron chi connectivity index (χ2n) is 3.92. The van der Waals surface area contributed by atoms with E-state index in [9.17, 15) is 14.0 Å². The molecule has 0 aromatic heterocycles. The fourth-order valence-corrected chi connectivity index (χ4v) is 2.25. The Balaban J connectivity index is 2.20. The second kappa shape index (κ2) is 2.81. The number of carbonyl (C=O) groups is 2. The second-order valence-corrected chi connectivity index (χ2v) is 3.92. The number of benzene rings is 1. The number of ether oxygens (including phenoxy) is 1. The van der Waals surface area contributed by atoms with Crippen LogP contribution in [0.3, 0.4) is 0 Å². The average molecular weight is 221 g/mol. The lowest BCUT2D eigenvalue weighted by Gasteiger charge is -2.19. The molecule has 0 radical (unpaired) electrons. The highest BCUT2D eigenvalue weighted by atomic mass is 19.1. The summed E-state index contributed by atoms with van der Waals surface area (Å²) in [4.78, 5) is 22.9. The number of hydrogen-bond donors (Lipinski definition) is 1. The van der Waals surface area contributed by atoms with Crippen LogP contribution in [-0.2, 0) is 19.9 Å². The quantitative estimate of drug-likeness (QED) is 0.672. The van der Waals surface area contributed by atoms with E-state index in [0.717, 1.165) is 0 Å². The standard InChI is InChI=1S/C11H8FNO3/c12-7-3-1-2-6-9(7)13-10(15)11(6)5-4-8(14)16-11/h1-3H,4-5H2,(H,13,15). The van der Waals surface area contributed by atoms with Crippen molar-refractivity contribution in [1.29, 1.82) is 0 Å². The van der Waals surface area contributed by atoms with Crippen LogP contribution < -0.4 is 5.32 Å². The largest absolute Gasteiger partial charge is 0.444 e. The van der Waals surface area contributed by atoms with E-state index in [1.54, 1.807) is 6.07 Å². The molecular formula is C11H8FNO3. The van der Waals surface area contributed by atoms with Gasteiger partial charge >= 0.3 is 5.97 Å². The van der Waals surface area contributed by atoms with E-state index in [-0.39, 0.29) is 18.5 Å². The predicted octanol–water partition coefficient (Wildman–Crippen LogP) is 1.31. The summed E-state index contributed by atoms with van der Waals surface area (Å²) in [6.07, 6.45) is 0.456. The first-order chi connectivity index (χ1) is 7.63. The van der Waals surface area contributed by atoms with E-state index in [4.69, 9.17) is 4.74 Å². The minimum absolute atomic E-state index is 0.127. The number of halogens is 1. The summed E-state index contributed by atoms with van der Waals surface area (Å²) in [5.74, 6) is -1.39. The molecule has 4 nitrogen and oxygen atoms in total. The van der Waals surface area contributed by atoms with Crippen LogP contribution in [0.1, 0.15) is 18.4 Å². The fourth-order valence-electron chi connectivity index (χ4n) is 2.25. The van der Waals surface area contributed by atoms with E-state index >= 15 is 0 Å². The molecule has 1 amide bonds. The van der Waals surface area contributed by atoms with Gasteiger partial charge in [0.1, 0.15) is 5.82 Å². The van der Waals surface area contributed by atoms with Crippen molar-refractivity contribution in [3.8, 4) is 0 Å². The first-order valence-electron chi connectivity index (χ1n) is 4.96. The van der Waals surface area contributed by atoms with E-state index < -0.39 is 23.3 Å². The van der Waals surface area contributed by atoms with E-state index in [0.29, 0.717) is 5.56 Å². The monoisotopic (exact) mass is 221 g/mol. The fraction of sp³-hybridized carbons (Fsp3) is 0.273. The molecule has 16 heavy (non-hydrogen) atoms. The number of rotatable bonds is 0. The molecule has 1 spiro atoms. The van der Waals surface area contributed by atoms with Crippen molar-refractivity contribution in [2.24, 2.45) is 0 Å². The first kappa shape index (κ1) is 9.33. The van der Waals surface area contributed by atoms with E-state index in [1.807, 2.05) is 0 Å². The van der Waals surface area contributed by atoms with Crippen LogP contribution in [0.25, 0.3) is 0 Å². The Kier molecular flexibility index (Phi) is 1.64. The van der Waals surface area contributed by atoms with Crippen molar-refractivity contribution in [3.05, 3.63) is 29.6 Å². The molecule has 2 aliphatic rings. The van der Waals surface area contributed by atoms with Crippen molar-refractivity contribution in [1.82, 2.24) is 0 Å². The lowest BCUT2D eigenvalue weighted by molar-refractivity contribution is -0.156. The molecule has 0 aliphatic carbocycles. The molecule has 1 unspecified atom stereocenters. The third-order valence-electron chi connectivity index (χ3n) is 3.02. The summed E-state index contributed by atoms with van der Waals surface area (Å²) >= 11 is 0. The van der Waals surface area contributed by atoms with Gasteiger partial charge in [0.15, 0.2) is 0 Å². The minimum atomic E-state index is -1.30. The van der Waals surface area contributed by atoms with Gasteiger partial charge in [0, 0.05) is 12.0 Å². The van der Waals surface area contributed by atoms with Crippen LogP contribution in [0.15, 0.2) is 18.2 Å². The maximum absolute atomic E-state index is 13.4. The molecule has 0 saturated carbocycles. The van der Waals surface area contributed by atoms with Crippen LogP contribution in [0, 0.1) is 5.82 Å². The molecule has 3 rings (SSSR count). The van der Waals surface area contributed by atoms with Crippen molar-refractivity contribution in [2.75, 3.05) is 5.32 Å². The van der Waals surface area contributed by atoms with E-state index in [2.05, 4.69) is 5.32 Å². The molecule has 1 aromatic rings. The summed E-state index contributed by atoms with van der Waals surface area (Å²) < 4.78 is 18.5. The van der Waals surface area contributed by atoms with Crippen LogP contribution in [0.4, 0.5) is 10.1 Å². The molecule has 1 saturated heterocycles. The summed E-state index contributed by atoms with van der Waals surface area (Å²) in [7, 11) is 0. The Morgan fingerprint density at radius 2 is 2.19 bits per heavy atom. The van der Waals surface area contributed by atoms with Gasteiger partial charge in [0.25, 0.3) is 5.91 Å². The van der Waals surface area contributed by atoms with Crippen LogP contribution in [0.2, 0.25) is 0 Å². The topological polar surface area (TPSA) is 55.4 Å². The number of amides is 1. The number of hydrogen-bond acceptors (Lipinski definition) is 3. The SMILES string of the molecule is O=C1CCC2(O1)C(=O)Nc1c(F)cccc12. The molecule has 1 fully saturated rings. The average Bonchev–Trinajstić information content (AvgIpc) is 2.75. The predicted molar refractivity (Wildman–Crippen MR) is 52.0 cm³/mol. The molecule has 82 valence electrons. The maximum atomic E-state index is 13.4. The lowest BCUT2D eigenvalue weighted by atomic mass is 9.92. The van der Waals surface area contributed by atoms with Gasteiger partial charge < -0.3 is 10.1 Å². The third kappa shape index (κ3) is 0.973. The molecule has 1 atom stereocenters. The Labute approximate surface area is 90.4 Å². The van der Waals surface area contributed by atoms with Crippen molar-refractivity contribution in [2.45, 2.75) is 18.4 Å². The number of fused-ring (bicyclic) bond motifs is 2. The summed E-state index contributed by atoms with van der Waals surface area (Å²) in [5, 5.41) is 2.43. The summed E-state index contributed by atoms with van der Waals surface area (Å²) in [6.45, 7) is 0. The number of nitrogens with one attached hydrogen (secondary N) is 1. The minimum Gasteiger partial charge on any atom is -0.444 e. The number of esters is 1. The van der Waals surface area contributed by atoms with Crippen molar-refractivity contribution < 1.29 is 18.7 Å². The van der Waals surface area contributed by atoms with E-state index in [1.165, 1.54) is 12.1 Å². The van der Waals surface area contributed by atoms with Crippen LogP contribution in [0.5, 0.6) is 0 Å². The maximum Gasteiger partial charge on any atom is 0.307 e. The zero-order chi connectivity index (χ0) is 11.3.